The fourth-order valence-electron chi connectivity index (χ4n) is 2.10. The highest BCUT2D eigenvalue weighted by molar-refractivity contribution is 7.92. The number of para-hydroxylation sites is 1. The van der Waals surface area contributed by atoms with E-state index in [2.05, 4.69) is 4.72 Å². The summed E-state index contributed by atoms with van der Waals surface area (Å²) >= 11 is 0. The highest BCUT2D eigenvalue weighted by Crippen LogP contribution is 2.23. The van der Waals surface area contributed by atoms with E-state index in [-0.39, 0.29) is 27.5 Å². The van der Waals surface area contributed by atoms with Crippen molar-refractivity contribution in [2.24, 2.45) is 0 Å². The molecule has 23 heavy (non-hydrogen) atoms. The minimum atomic E-state index is -4.02. The quantitative estimate of drug-likeness (QED) is 0.819. The van der Waals surface area contributed by atoms with Gasteiger partial charge in [-0.1, -0.05) is 18.2 Å². The summed E-state index contributed by atoms with van der Waals surface area (Å²) in [4.78, 5) is 22.5. The van der Waals surface area contributed by atoms with Crippen molar-refractivity contribution in [3.63, 3.8) is 0 Å². The number of carbonyl (C=O) groups is 2. The molecule has 0 aliphatic heterocycles. The number of nitrogens with one attached hydrogen (secondary N) is 1. The van der Waals surface area contributed by atoms with Gasteiger partial charge in [0.25, 0.3) is 10.0 Å². The second kappa shape index (κ2) is 6.21. The average Bonchev–Trinajstić information content (AvgIpc) is 2.47. The number of rotatable bonds is 5. The number of carboxylic acid groups (broad SMARTS) is 1. The number of anilines is 1. The number of benzene rings is 2. The Morgan fingerprint density at radius 2 is 1.74 bits per heavy atom. The number of ketones is 1. The standard InChI is InChI=1S/C16H15NO5S/c1-10-7-8-12(16(19)20)9-15(10)23(21,22)17-14-6-4-3-5-13(14)11(2)18/h3-9,17H,1-2H3,(H,19,20). The van der Waals surface area contributed by atoms with Crippen molar-refractivity contribution < 1.29 is 23.1 Å². The highest BCUT2D eigenvalue weighted by Gasteiger charge is 2.21. The first-order valence-electron chi connectivity index (χ1n) is 6.69. The van der Waals surface area contributed by atoms with Gasteiger partial charge in [0.15, 0.2) is 5.78 Å². The van der Waals surface area contributed by atoms with Crippen LogP contribution in [0.3, 0.4) is 0 Å². The molecule has 0 bridgehead atoms. The van der Waals surface area contributed by atoms with Gasteiger partial charge in [-0.2, -0.15) is 0 Å². The van der Waals surface area contributed by atoms with Gasteiger partial charge in [-0.15, -0.1) is 0 Å². The summed E-state index contributed by atoms with van der Waals surface area (Å²) in [5, 5.41) is 9.01. The van der Waals surface area contributed by atoms with Crippen molar-refractivity contribution in [2.75, 3.05) is 4.72 Å². The number of sulfonamides is 1. The molecule has 2 N–H and O–H groups in total. The Morgan fingerprint density at radius 3 is 2.35 bits per heavy atom. The van der Waals surface area contributed by atoms with Crippen LogP contribution in [0.4, 0.5) is 5.69 Å². The molecular formula is C16H15NO5S. The Bertz CT molecular complexity index is 887. The maximum atomic E-state index is 12.6. The van der Waals surface area contributed by atoms with Gasteiger partial charge in [-0.05, 0) is 43.7 Å². The first kappa shape index (κ1) is 16.7. The van der Waals surface area contributed by atoms with Crippen molar-refractivity contribution in [3.05, 3.63) is 59.2 Å². The number of carboxylic acids is 1. The summed E-state index contributed by atoms with van der Waals surface area (Å²) in [5.74, 6) is -1.50. The molecule has 2 aromatic carbocycles. The van der Waals surface area contributed by atoms with E-state index in [0.717, 1.165) is 6.07 Å². The van der Waals surface area contributed by atoms with Gasteiger partial charge in [-0.3, -0.25) is 9.52 Å². The highest BCUT2D eigenvalue weighted by atomic mass is 32.2. The number of aryl methyl sites for hydroxylation is 1. The largest absolute Gasteiger partial charge is 0.478 e. The van der Waals surface area contributed by atoms with Gasteiger partial charge in [-0.25, -0.2) is 13.2 Å². The van der Waals surface area contributed by atoms with Crippen LogP contribution in [0.15, 0.2) is 47.4 Å². The molecule has 2 aromatic rings. The molecule has 0 saturated heterocycles. The summed E-state index contributed by atoms with van der Waals surface area (Å²) in [6, 6.07) is 10.1. The Kier molecular flexibility index (Phi) is 4.51. The van der Waals surface area contributed by atoms with Crippen molar-refractivity contribution in [3.8, 4) is 0 Å². The predicted molar refractivity (Wildman–Crippen MR) is 85.4 cm³/mol. The van der Waals surface area contributed by atoms with Crippen LogP contribution in [0.1, 0.15) is 33.2 Å². The van der Waals surface area contributed by atoms with Gasteiger partial charge >= 0.3 is 5.97 Å². The van der Waals surface area contributed by atoms with Gasteiger partial charge < -0.3 is 5.11 Å². The molecule has 0 atom stereocenters. The fourth-order valence-corrected chi connectivity index (χ4v) is 3.45. The van der Waals surface area contributed by atoms with Crippen molar-refractivity contribution >= 4 is 27.5 Å². The molecular weight excluding hydrogens is 318 g/mol. The lowest BCUT2D eigenvalue weighted by molar-refractivity contribution is 0.0696. The summed E-state index contributed by atoms with van der Waals surface area (Å²) in [6.45, 7) is 2.90. The molecule has 0 spiro atoms. The molecule has 0 saturated carbocycles. The summed E-state index contributed by atoms with van der Waals surface area (Å²) in [7, 11) is -4.02. The van der Waals surface area contributed by atoms with Crippen LogP contribution in [0.25, 0.3) is 0 Å². The molecule has 0 amide bonds. The van der Waals surface area contributed by atoms with E-state index in [1.165, 1.54) is 31.2 Å². The Labute approximate surface area is 133 Å². The topological polar surface area (TPSA) is 101 Å². The molecule has 0 heterocycles. The number of hydrogen-bond donors (Lipinski definition) is 2. The van der Waals surface area contributed by atoms with Crippen molar-refractivity contribution in [1.29, 1.82) is 0 Å². The number of aromatic carboxylic acids is 1. The zero-order valence-electron chi connectivity index (χ0n) is 12.5. The lowest BCUT2D eigenvalue weighted by Gasteiger charge is -2.13. The third-order valence-corrected chi connectivity index (χ3v) is 4.78. The van der Waals surface area contributed by atoms with E-state index < -0.39 is 16.0 Å². The predicted octanol–water partition coefficient (Wildman–Crippen LogP) is 2.70. The summed E-state index contributed by atoms with van der Waals surface area (Å²) < 4.78 is 27.5. The van der Waals surface area contributed by atoms with E-state index >= 15 is 0 Å². The monoisotopic (exact) mass is 333 g/mol. The first-order valence-corrected chi connectivity index (χ1v) is 8.17. The van der Waals surface area contributed by atoms with Crippen LogP contribution in [0.5, 0.6) is 0 Å². The number of hydrogen-bond acceptors (Lipinski definition) is 4. The van der Waals surface area contributed by atoms with Gasteiger partial charge in [0.05, 0.1) is 16.1 Å². The van der Waals surface area contributed by atoms with Crippen LogP contribution >= 0.6 is 0 Å². The van der Waals surface area contributed by atoms with Crippen LogP contribution < -0.4 is 4.72 Å². The minimum Gasteiger partial charge on any atom is -0.478 e. The molecule has 2 rings (SSSR count). The Balaban J connectivity index is 2.50. The first-order chi connectivity index (χ1) is 10.7. The van der Waals surface area contributed by atoms with Crippen LogP contribution in [0.2, 0.25) is 0 Å². The zero-order chi connectivity index (χ0) is 17.2. The van der Waals surface area contributed by atoms with Crippen molar-refractivity contribution in [2.45, 2.75) is 18.7 Å². The molecule has 0 unspecified atom stereocenters. The van der Waals surface area contributed by atoms with Gasteiger partial charge in [0.1, 0.15) is 0 Å². The van der Waals surface area contributed by atoms with E-state index in [9.17, 15) is 18.0 Å². The van der Waals surface area contributed by atoms with Gasteiger partial charge in [0.2, 0.25) is 0 Å². The summed E-state index contributed by atoms with van der Waals surface area (Å²) in [6.07, 6.45) is 0. The van der Waals surface area contributed by atoms with E-state index in [0.29, 0.717) is 5.56 Å². The third kappa shape index (κ3) is 3.57. The van der Waals surface area contributed by atoms with Crippen molar-refractivity contribution in [1.82, 2.24) is 0 Å². The Morgan fingerprint density at radius 1 is 1.09 bits per heavy atom. The van der Waals surface area contributed by atoms with Gasteiger partial charge in [0, 0.05) is 5.56 Å². The molecule has 0 aliphatic carbocycles. The maximum absolute atomic E-state index is 12.6. The zero-order valence-corrected chi connectivity index (χ0v) is 13.3. The smallest absolute Gasteiger partial charge is 0.335 e. The molecule has 7 heteroatoms. The number of Topliss-reactive ketones (excluding diaryl/α,β-unsaturated/α-hetero) is 1. The number of carbonyl (C=O) groups excluding carboxylic acids is 1. The molecule has 0 aromatic heterocycles. The lowest BCUT2D eigenvalue weighted by Crippen LogP contribution is -2.17. The molecule has 120 valence electrons. The third-order valence-electron chi connectivity index (χ3n) is 3.28. The fraction of sp³-hybridized carbons (Fsp3) is 0.125. The van der Waals surface area contributed by atoms with Crippen LogP contribution in [-0.2, 0) is 10.0 Å². The normalized spacial score (nSPS) is 11.0. The molecule has 6 nitrogen and oxygen atoms in total. The second-order valence-electron chi connectivity index (χ2n) is 4.99. The average molecular weight is 333 g/mol. The summed E-state index contributed by atoms with van der Waals surface area (Å²) in [5.41, 5.74) is 0.668. The van der Waals surface area contributed by atoms with E-state index in [1.54, 1.807) is 19.1 Å². The van der Waals surface area contributed by atoms with E-state index in [1.807, 2.05) is 0 Å². The van der Waals surface area contributed by atoms with E-state index in [4.69, 9.17) is 5.11 Å². The molecule has 0 aliphatic rings. The minimum absolute atomic E-state index is 0.129. The second-order valence-corrected chi connectivity index (χ2v) is 6.64. The molecule has 0 radical (unpaired) electrons. The van der Waals surface area contributed by atoms with Crippen LogP contribution in [-0.4, -0.2) is 25.3 Å². The Hall–Kier alpha value is -2.67. The molecule has 0 fully saturated rings. The maximum Gasteiger partial charge on any atom is 0.335 e. The lowest BCUT2D eigenvalue weighted by atomic mass is 10.1. The van der Waals surface area contributed by atoms with Crippen LogP contribution in [0, 0.1) is 6.92 Å². The SMILES string of the molecule is CC(=O)c1ccccc1NS(=O)(=O)c1cc(C(=O)O)ccc1C.